The molecular formula is C12H15NO. The van der Waals surface area contributed by atoms with Gasteiger partial charge in [-0.15, -0.1) is 0 Å². The maximum absolute atomic E-state index is 9.91. The SMILES string of the molecule is OC1CCCN2c3ccccc3CC12. The molecule has 0 spiro atoms. The second kappa shape index (κ2) is 2.99. The van der Waals surface area contributed by atoms with Gasteiger partial charge in [0.15, 0.2) is 0 Å². The minimum Gasteiger partial charge on any atom is -0.391 e. The van der Waals surface area contributed by atoms with Crippen molar-refractivity contribution in [3.8, 4) is 0 Å². The van der Waals surface area contributed by atoms with E-state index in [-0.39, 0.29) is 6.10 Å². The van der Waals surface area contributed by atoms with Crippen LogP contribution in [0.2, 0.25) is 0 Å². The first-order valence-corrected chi connectivity index (χ1v) is 5.39. The summed E-state index contributed by atoms with van der Waals surface area (Å²) < 4.78 is 0. The Morgan fingerprint density at radius 2 is 2.14 bits per heavy atom. The molecule has 14 heavy (non-hydrogen) atoms. The monoisotopic (exact) mass is 189 g/mol. The molecule has 0 bridgehead atoms. The van der Waals surface area contributed by atoms with Crippen molar-refractivity contribution in [2.24, 2.45) is 0 Å². The van der Waals surface area contributed by atoms with E-state index < -0.39 is 0 Å². The normalized spacial score (nSPS) is 29.9. The van der Waals surface area contributed by atoms with Crippen molar-refractivity contribution in [2.45, 2.75) is 31.4 Å². The fraction of sp³-hybridized carbons (Fsp3) is 0.500. The van der Waals surface area contributed by atoms with Crippen LogP contribution in [0.1, 0.15) is 18.4 Å². The molecule has 1 aromatic rings. The van der Waals surface area contributed by atoms with Crippen molar-refractivity contribution in [1.82, 2.24) is 0 Å². The standard InChI is InChI=1S/C12H15NO/c14-12-6-3-7-13-10-5-2-1-4-9(10)8-11(12)13/h1-2,4-5,11-12,14H,3,6-8H2. The number of piperidine rings is 1. The van der Waals surface area contributed by atoms with Gasteiger partial charge in [0.2, 0.25) is 0 Å². The molecule has 1 aromatic carbocycles. The van der Waals surface area contributed by atoms with Crippen molar-refractivity contribution in [3.05, 3.63) is 29.8 Å². The summed E-state index contributed by atoms with van der Waals surface area (Å²) in [5.74, 6) is 0. The van der Waals surface area contributed by atoms with Gasteiger partial charge in [-0.05, 0) is 30.9 Å². The van der Waals surface area contributed by atoms with Crippen LogP contribution >= 0.6 is 0 Å². The minimum absolute atomic E-state index is 0.129. The summed E-state index contributed by atoms with van der Waals surface area (Å²) in [4.78, 5) is 2.38. The van der Waals surface area contributed by atoms with Crippen LogP contribution < -0.4 is 4.90 Å². The highest BCUT2D eigenvalue weighted by Crippen LogP contribution is 2.36. The fourth-order valence-electron chi connectivity index (χ4n) is 2.77. The number of aliphatic hydroxyl groups excluding tert-OH is 1. The number of hydrogen-bond acceptors (Lipinski definition) is 2. The molecule has 2 aliphatic heterocycles. The topological polar surface area (TPSA) is 23.5 Å². The van der Waals surface area contributed by atoms with Gasteiger partial charge in [-0.2, -0.15) is 0 Å². The molecular weight excluding hydrogens is 174 g/mol. The third kappa shape index (κ3) is 1.07. The summed E-state index contributed by atoms with van der Waals surface area (Å²) in [7, 11) is 0. The molecule has 0 saturated carbocycles. The summed E-state index contributed by atoms with van der Waals surface area (Å²) in [6.07, 6.45) is 2.98. The lowest BCUT2D eigenvalue weighted by molar-refractivity contribution is 0.117. The van der Waals surface area contributed by atoms with E-state index in [0.717, 1.165) is 25.8 Å². The summed E-state index contributed by atoms with van der Waals surface area (Å²) >= 11 is 0. The number of fused-ring (bicyclic) bond motifs is 3. The molecule has 0 amide bonds. The highest BCUT2D eigenvalue weighted by molar-refractivity contribution is 5.60. The van der Waals surface area contributed by atoms with Gasteiger partial charge in [0, 0.05) is 12.2 Å². The maximum atomic E-state index is 9.91. The lowest BCUT2D eigenvalue weighted by Gasteiger charge is -2.35. The van der Waals surface area contributed by atoms with Gasteiger partial charge in [-0.1, -0.05) is 18.2 Å². The smallest absolute Gasteiger partial charge is 0.0747 e. The fourth-order valence-corrected chi connectivity index (χ4v) is 2.77. The number of benzene rings is 1. The molecule has 2 heterocycles. The number of nitrogens with zero attached hydrogens (tertiary/aromatic N) is 1. The zero-order chi connectivity index (χ0) is 9.54. The number of para-hydroxylation sites is 1. The molecule has 2 unspecified atom stereocenters. The highest BCUT2D eigenvalue weighted by atomic mass is 16.3. The van der Waals surface area contributed by atoms with Crippen molar-refractivity contribution < 1.29 is 5.11 Å². The summed E-state index contributed by atoms with van der Waals surface area (Å²) in [6.45, 7) is 1.11. The first-order chi connectivity index (χ1) is 6.86. The quantitative estimate of drug-likeness (QED) is 0.669. The molecule has 1 N–H and O–H groups in total. The van der Waals surface area contributed by atoms with Gasteiger partial charge in [0.05, 0.1) is 12.1 Å². The molecule has 2 nitrogen and oxygen atoms in total. The van der Waals surface area contributed by atoms with Crippen LogP contribution in [-0.4, -0.2) is 23.8 Å². The molecule has 2 atom stereocenters. The lowest BCUT2D eigenvalue weighted by atomic mass is 9.98. The van der Waals surface area contributed by atoms with Crippen LogP contribution in [0, 0.1) is 0 Å². The van der Waals surface area contributed by atoms with E-state index in [1.807, 2.05) is 0 Å². The number of rotatable bonds is 0. The molecule has 0 aromatic heterocycles. The zero-order valence-electron chi connectivity index (χ0n) is 8.19. The minimum atomic E-state index is -0.129. The predicted octanol–water partition coefficient (Wildman–Crippen LogP) is 1.57. The van der Waals surface area contributed by atoms with E-state index >= 15 is 0 Å². The third-order valence-corrected chi connectivity index (χ3v) is 3.47. The molecule has 0 aliphatic carbocycles. The molecule has 3 rings (SSSR count). The summed E-state index contributed by atoms with van der Waals surface area (Å²) in [5, 5.41) is 9.91. The van der Waals surface area contributed by atoms with Crippen molar-refractivity contribution in [2.75, 3.05) is 11.4 Å². The van der Waals surface area contributed by atoms with Gasteiger partial charge in [0.1, 0.15) is 0 Å². The Labute approximate surface area is 84.2 Å². The van der Waals surface area contributed by atoms with Gasteiger partial charge in [-0.3, -0.25) is 0 Å². The average Bonchev–Trinajstić information content (AvgIpc) is 2.59. The Balaban J connectivity index is 2.00. The zero-order valence-corrected chi connectivity index (χ0v) is 8.19. The number of hydrogen-bond donors (Lipinski definition) is 1. The van der Waals surface area contributed by atoms with E-state index in [1.54, 1.807) is 0 Å². The van der Waals surface area contributed by atoms with Crippen molar-refractivity contribution >= 4 is 5.69 Å². The first-order valence-electron chi connectivity index (χ1n) is 5.39. The second-order valence-electron chi connectivity index (χ2n) is 4.30. The highest BCUT2D eigenvalue weighted by Gasteiger charge is 2.36. The summed E-state index contributed by atoms with van der Waals surface area (Å²) in [6, 6.07) is 8.88. The number of anilines is 1. The Hall–Kier alpha value is -1.02. The van der Waals surface area contributed by atoms with Gasteiger partial charge in [0.25, 0.3) is 0 Å². The molecule has 74 valence electrons. The Morgan fingerprint density at radius 3 is 3.07 bits per heavy atom. The largest absolute Gasteiger partial charge is 0.391 e. The van der Waals surface area contributed by atoms with Gasteiger partial charge >= 0.3 is 0 Å². The Morgan fingerprint density at radius 1 is 1.29 bits per heavy atom. The summed E-state index contributed by atoms with van der Waals surface area (Å²) in [5.41, 5.74) is 2.75. The van der Waals surface area contributed by atoms with E-state index in [9.17, 15) is 5.11 Å². The molecule has 2 heteroatoms. The molecule has 1 saturated heterocycles. The predicted molar refractivity (Wildman–Crippen MR) is 56.5 cm³/mol. The van der Waals surface area contributed by atoms with Crippen molar-refractivity contribution in [1.29, 1.82) is 0 Å². The van der Waals surface area contributed by atoms with E-state index in [0.29, 0.717) is 6.04 Å². The van der Waals surface area contributed by atoms with Crippen LogP contribution in [-0.2, 0) is 6.42 Å². The third-order valence-electron chi connectivity index (χ3n) is 3.47. The lowest BCUT2D eigenvalue weighted by Crippen LogP contribution is -2.46. The van der Waals surface area contributed by atoms with Gasteiger partial charge in [-0.25, -0.2) is 0 Å². The molecule has 2 aliphatic rings. The Bertz CT molecular complexity index is 350. The van der Waals surface area contributed by atoms with Gasteiger partial charge < -0.3 is 10.0 Å². The van der Waals surface area contributed by atoms with Crippen LogP contribution in [0.4, 0.5) is 5.69 Å². The van der Waals surface area contributed by atoms with Crippen LogP contribution in [0.15, 0.2) is 24.3 Å². The van der Waals surface area contributed by atoms with E-state index in [1.165, 1.54) is 11.3 Å². The molecule has 0 radical (unpaired) electrons. The van der Waals surface area contributed by atoms with Crippen molar-refractivity contribution in [3.63, 3.8) is 0 Å². The second-order valence-corrected chi connectivity index (χ2v) is 4.30. The van der Waals surface area contributed by atoms with E-state index in [4.69, 9.17) is 0 Å². The Kier molecular flexibility index (Phi) is 1.77. The van der Waals surface area contributed by atoms with Crippen LogP contribution in [0.5, 0.6) is 0 Å². The maximum Gasteiger partial charge on any atom is 0.0747 e. The number of aliphatic hydroxyl groups is 1. The van der Waals surface area contributed by atoms with E-state index in [2.05, 4.69) is 29.2 Å². The van der Waals surface area contributed by atoms with Crippen LogP contribution in [0.3, 0.4) is 0 Å². The average molecular weight is 189 g/mol. The molecule has 1 fully saturated rings. The first kappa shape index (κ1) is 8.30. The van der Waals surface area contributed by atoms with Crippen LogP contribution in [0.25, 0.3) is 0 Å².